The van der Waals surface area contributed by atoms with Crippen molar-refractivity contribution < 1.29 is 9.53 Å². The molecule has 1 aromatic carbocycles. The van der Waals surface area contributed by atoms with Crippen LogP contribution in [-0.2, 0) is 0 Å². The van der Waals surface area contributed by atoms with E-state index >= 15 is 0 Å². The molecule has 0 aliphatic carbocycles. The molecule has 2 rings (SSSR count). The number of nitrogens with zero attached hydrogens (tertiary/aromatic N) is 1. The number of pyridine rings is 1. The molecule has 0 unspecified atom stereocenters. The number of ether oxygens (including phenoxy) is 1. The zero-order valence-electron chi connectivity index (χ0n) is 10.2. The van der Waals surface area contributed by atoms with Crippen molar-refractivity contribution in [3.8, 4) is 11.5 Å². The molecule has 1 heterocycles. The van der Waals surface area contributed by atoms with Crippen molar-refractivity contribution in [3.63, 3.8) is 0 Å². The second-order valence-corrected chi connectivity index (χ2v) is 4.18. The largest absolute Gasteiger partial charge is 0.455 e. The average molecular weight is 278 g/mol. The first kappa shape index (κ1) is 13.2. The van der Waals surface area contributed by atoms with Gasteiger partial charge < -0.3 is 15.8 Å². The number of aromatic nitrogens is 1. The zero-order chi connectivity index (χ0) is 13.8. The minimum Gasteiger partial charge on any atom is -0.455 e. The number of halogens is 1. The number of carbonyl (C=O) groups is 1. The molecule has 98 valence electrons. The van der Waals surface area contributed by atoms with Crippen LogP contribution in [-0.4, -0.2) is 17.9 Å². The Balaban J connectivity index is 2.28. The van der Waals surface area contributed by atoms with Crippen LogP contribution >= 0.6 is 11.6 Å². The second-order valence-electron chi connectivity index (χ2n) is 3.74. The van der Waals surface area contributed by atoms with E-state index in [1.165, 1.54) is 19.3 Å². The quantitative estimate of drug-likeness (QED) is 0.845. The second kappa shape index (κ2) is 5.58. The van der Waals surface area contributed by atoms with Crippen molar-refractivity contribution in [1.29, 1.82) is 0 Å². The molecule has 1 amide bonds. The van der Waals surface area contributed by atoms with E-state index in [2.05, 4.69) is 10.3 Å². The number of rotatable bonds is 3. The standard InChI is InChI=1S/C13H12ClN3O2/c1-16-13(18)11-7-9(4-5-17-11)19-12-6-8(14)2-3-10(12)15/h2-7H,15H2,1H3,(H,16,18). The number of amides is 1. The topological polar surface area (TPSA) is 77.2 Å². The van der Waals surface area contributed by atoms with Crippen LogP contribution in [0.25, 0.3) is 0 Å². The summed E-state index contributed by atoms with van der Waals surface area (Å²) in [6.45, 7) is 0. The van der Waals surface area contributed by atoms with Gasteiger partial charge in [0.1, 0.15) is 11.4 Å². The van der Waals surface area contributed by atoms with Crippen LogP contribution in [0.3, 0.4) is 0 Å². The molecule has 3 N–H and O–H groups in total. The molecule has 2 aromatic rings. The number of benzene rings is 1. The number of anilines is 1. The lowest BCUT2D eigenvalue weighted by molar-refractivity contribution is 0.0958. The van der Waals surface area contributed by atoms with Gasteiger partial charge in [0.15, 0.2) is 5.75 Å². The van der Waals surface area contributed by atoms with Crippen molar-refractivity contribution in [3.05, 3.63) is 47.2 Å². The van der Waals surface area contributed by atoms with Crippen LogP contribution in [0.1, 0.15) is 10.5 Å². The van der Waals surface area contributed by atoms with E-state index in [1.54, 1.807) is 24.3 Å². The summed E-state index contributed by atoms with van der Waals surface area (Å²) in [5.41, 5.74) is 6.51. The lowest BCUT2D eigenvalue weighted by Gasteiger charge is -2.09. The molecule has 0 fully saturated rings. The first-order valence-electron chi connectivity index (χ1n) is 5.51. The Morgan fingerprint density at radius 1 is 1.37 bits per heavy atom. The Bertz CT molecular complexity index is 617. The molecular weight excluding hydrogens is 266 g/mol. The summed E-state index contributed by atoms with van der Waals surface area (Å²) in [4.78, 5) is 15.4. The predicted molar refractivity (Wildman–Crippen MR) is 73.6 cm³/mol. The number of carbonyl (C=O) groups excluding carboxylic acids is 1. The molecule has 5 nitrogen and oxygen atoms in total. The van der Waals surface area contributed by atoms with E-state index in [9.17, 15) is 4.79 Å². The van der Waals surface area contributed by atoms with E-state index in [4.69, 9.17) is 22.1 Å². The highest BCUT2D eigenvalue weighted by molar-refractivity contribution is 6.30. The van der Waals surface area contributed by atoms with Gasteiger partial charge in [-0.15, -0.1) is 0 Å². The van der Waals surface area contributed by atoms with E-state index in [-0.39, 0.29) is 11.6 Å². The molecule has 0 aliphatic heterocycles. The predicted octanol–water partition coefficient (Wildman–Crippen LogP) is 2.47. The normalized spacial score (nSPS) is 10.0. The number of hydrogen-bond acceptors (Lipinski definition) is 4. The highest BCUT2D eigenvalue weighted by Gasteiger charge is 2.08. The summed E-state index contributed by atoms with van der Waals surface area (Å²) in [6.07, 6.45) is 1.49. The fraction of sp³-hybridized carbons (Fsp3) is 0.0769. The third-order valence-corrected chi connectivity index (χ3v) is 2.63. The lowest BCUT2D eigenvalue weighted by atomic mass is 10.3. The summed E-state index contributed by atoms with van der Waals surface area (Å²) >= 11 is 5.88. The fourth-order valence-electron chi connectivity index (χ4n) is 1.45. The Morgan fingerprint density at radius 3 is 2.89 bits per heavy atom. The molecule has 0 bridgehead atoms. The third kappa shape index (κ3) is 3.14. The molecule has 0 atom stereocenters. The molecule has 0 saturated carbocycles. The summed E-state index contributed by atoms with van der Waals surface area (Å²) in [6, 6.07) is 8.09. The van der Waals surface area contributed by atoms with Gasteiger partial charge in [-0.25, -0.2) is 0 Å². The van der Waals surface area contributed by atoms with Crippen LogP contribution in [0.5, 0.6) is 11.5 Å². The maximum Gasteiger partial charge on any atom is 0.269 e. The summed E-state index contributed by atoms with van der Waals surface area (Å²) < 4.78 is 5.60. The monoisotopic (exact) mass is 277 g/mol. The van der Waals surface area contributed by atoms with Crippen LogP contribution in [0.4, 0.5) is 5.69 Å². The molecule has 6 heteroatoms. The van der Waals surface area contributed by atoms with Gasteiger partial charge in [0.25, 0.3) is 5.91 Å². The van der Waals surface area contributed by atoms with Crippen molar-refractivity contribution in [1.82, 2.24) is 10.3 Å². The number of nitrogens with one attached hydrogen (secondary N) is 1. The summed E-state index contributed by atoms with van der Waals surface area (Å²) in [5.74, 6) is 0.605. The van der Waals surface area contributed by atoms with Crippen LogP contribution in [0, 0.1) is 0 Å². The number of nitrogens with two attached hydrogens (primary N) is 1. The van der Waals surface area contributed by atoms with Gasteiger partial charge in [0.05, 0.1) is 5.69 Å². The van der Waals surface area contributed by atoms with Gasteiger partial charge >= 0.3 is 0 Å². The molecule has 0 spiro atoms. The van der Waals surface area contributed by atoms with E-state index in [1.807, 2.05) is 0 Å². The number of nitrogen functional groups attached to an aromatic ring is 1. The van der Waals surface area contributed by atoms with Crippen molar-refractivity contribution in [2.45, 2.75) is 0 Å². The van der Waals surface area contributed by atoms with Crippen molar-refractivity contribution in [2.24, 2.45) is 0 Å². The molecule has 1 aromatic heterocycles. The SMILES string of the molecule is CNC(=O)c1cc(Oc2cc(Cl)ccc2N)ccn1. The summed E-state index contributed by atoms with van der Waals surface area (Å²) in [5, 5.41) is 3.01. The van der Waals surface area contributed by atoms with Gasteiger partial charge in [-0.3, -0.25) is 9.78 Å². The minimum absolute atomic E-state index is 0.264. The zero-order valence-corrected chi connectivity index (χ0v) is 10.9. The molecule has 0 radical (unpaired) electrons. The Labute approximate surface area is 115 Å². The maximum atomic E-state index is 11.5. The highest BCUT2D eigenvalue weighted by Crippen LogP contribution is 2.30. The third-order valence-electron chi connectivity index (χ3n) is 2.39. The smallest absolute Gasteiger partial charge is 0.269 e. The fourth-order valence-corrected chi connectivity index (χ4v) is 1.61. The van der Waals surface area contributed by atoms with E-state index < -0.39 is 0 Å². The van der Waals surface area contributed by atoms with E-state index in [0.29, 0.717) is 22.2 Å². The average Bonchev–Trinajstić information content (AvgIpc) is 2.42. The van der Waals surface area contributed by atoms with Crippen LogP contribution < -0.4 is 15.8 Å². The molecule has 0 aliphatic rings. The number of hydrogen-bond donors (Lipinski definition) is 2. The molecule has 0 saturated heterocycles. The van der Waals surface area contributed by atoms with Crippen LogP contribution in [0.15, 0.2) is 36.5 Å². The first-order chi connectivity index (χ1) is 9.10. The lowest BCUT2D eigenvalue weighted by Crippen LogP contribution is -2.18. The van der Waals surface area contributed by atoms with E-state index in [0.717, 1.165) is 0 Å². The highest BCUT2D eigenvalue weighted by atomic mass is 35.5. The van der Waals surface area contributed by atoms with Gasteiger partial charge in [-0.1, -0.05) is 11.6 Å². The Morgan fingerprint density at radius 2 is 2.16 bits per heavy atom. The van der Waals surface area contributed by atoms with Gasteiger partial charge in [-0.2, -0.15) is 0 Å². The van der Waals surface area contributed by atoms with Gasteiger partial charge in [0.2, 0.25) is 0 Å². The maximum absolute atomic E-state index is 11.5. The first-order valence-corrected chi connectivity index (χ1v) is 5.89. The molecular formula is C13H12ClN3O2. The molecule has 19 heavy (non-hydrogen) atoms. The van der Waals surface area contributed by atoms with Crippen molar-refractivity contribution in [2.75, 3.05) is 12.8 Å². The Kier molecular flexibility index (Phi) is 3.87. The van der Waals surface area contributed by atoms with Gasteiger partial charge in [-0.05, 0) is 18.2 Å². The van der Waals surface area contributed by atoms with Gasteiger partial charge in [0, 0.05) is 30.4 Å². The minimum atomic E-state index is -0.287. The summed E-state index contributed by atoms with van der Waals surface area (Å²) in [7, 11) is 1.53. The van der Waals surface area contributed by atoms with Crippen molar-refractivity contribution >= 4 is 23.2 Å². The van der Waals surface area contributed by atoms with Crippen LogP contribution in [0.2, 0.25) is 5.02 Å². The Hall–Kier alpha value is -2.27.